The molecule has 0 aliphatic heterocycles. The maximum atomic E-state index is 11.9. The van der Waals surface area contributed by atoms with Crippen LogP contribution in [0.3, 0.4) is 0 Å². The first kappa shape index (κ1) is 20.4. The van der Waals surface area contributed by atoms with Gasteiger partial charge in [-0.3, -0.25) is 9.59 Å². The Morgan fingerprint density at radius 2 is 1.27 bits per heavy atom. The standard InChI is InChI=1S/C16H29NO5/c1-14(2,3)21-12(19)9-11(18)10-16(7,8)17-13(20)22-15(4,5)6/h9-10H2,1-8H3,(H,17,20). The first-order valence-corrected chi connectivity index (χ1v) is 7.34. The molecule has 0 spiro atoms. The molecule has 0 atom stereocenters. The third-order valence-corrected chi connectivity index (χ3v) is 2.24. The zero-order valence-corrected chi connectivity index (χ0v) is 15.0. The van der Waals surface area contributed by atoms with Crippen LogP contribution in [-0.4, -0.2) is 34.6 Å². The Labute approximate surface area is 132 Å². The van der Waals surface area contributed by atoms with E-state index in [4.69, 9.17) is 9.47 Å². The summed E-state index contributed by atoms with van der Waals surface area (Å²) in [5.41, 5.74) is -2.04. The summed E-state index contributed by atoms with van der Waals surface area (Å²) in [6.45, 7) is 13.9. The smallest absolute Gasteiger partial charge is 0.408 e. The van der Waals surface area contributed by atoms with Gasteiger partial charge in [-0.25, -0.2) is 4.79 Å². The van der Waals surface area contributed by atoms with Gasteiger partial charge in [-0.15, -0.1) is 0 Å². The van der Waals surface area contributed by atoms with Gasteiger partial charge in [-0.05, 0) is 55.4 Å². The largest absolute Gasteiger partial charge is 0.460 e. The van der Waals surface area contributed by atoms with Crippen LogP contribution in [-0.2, 0) is 19.1 Å². The van der Waals surface area contributed by atoms with Crippen LogP contribution in [0, 0.1) is 0 Å². The second kappa shape index (κ2) is 7.11. The van der Waals surface area contributed by atoms with E-state index in [9.17, 15) is 14.4 Å². The summed E-state index contributed by atoms with van der Waals surface area (Å²) >= 11 is 0. The minimum atomic E-state index is -0.804. The van der Waals surface area contributed by atoms with Gasteiger partial charge in [0.2, 0.25) is 0 Å². The first-order valence-electron chi connectivity index (χ1n) is 7.34. The Hall–Kier alpha value is -1.59. The van der Waals surface area contributed by atoms with Crippen LogP contribution in [0.25, 0.3) is 0 Å². The lowest BCUT2D eigenvalue weighted by atomic mass is 9.96. The first-order chi connectivity index (χ1) is 9.60. The van der Waals surface area contributed by atoms with Crippen molar-refractivity contribution < 1.29 is 23.9 Å². The number of carbonyl (C=O) groups excluding carboxylic acids is 3. The van der Waals surface area contributed by atoms with E-state index in [1.54, 1.807) is 55.4 Å². The van der Waals surface area contributed by atoms with E-state index in [2.05, 4.69) is 5.32 Å². The summed E-state index contributed by atoms with van der Waals surface area (Å²) in [4.78, 5) is 35.3. The van der Waals surface area contributed by atoms with Crippen molar-refractivity contribution in [3.8, 4) is 0 Å². The van der Waals surface area contributed by atoms with Crippen LogP contribution in [0.15, 0.2) is 0 Å². The monoisotopic (exact) mass is 315 g/mol. The molecule has 1 N–H and O–H groups in total. The van der Waals surface area contributed by atoms with E-state index in [1.165, 1.54) is 0 Å². The van der Waals surface area contributed by atoms with Crippen LogP contribution >= 0.6 is 0 Å². The topological polar surface area (TPSA) is 81.7 Å². The van der Waals surface area contributed by atoms with Crippen molar-refractivity contribution in [2.24, 2.45) is 0 Å². The van der Waals surface area contributed by atoms with Crippen molar-refractivity contribution in [2.45, 2.75) is 85.0 Å². The molecule has 0 radical (unpaired) electrons. The van der Waals surface area contributed by atoms with Gasteiger partial charge in [-0.2, -0.15) is 0 Å². The number of rotatable bonds is 5. The van der Waals surface area contributed by atoms with Crippen LogP contribution < -0.4 is 5.32 Å². The number of amides is 1. The lowest BCUT2D eigenvalue weighted by Gasteiger charge is -2.28. The van der Waals surface area contributed by atoms with E-state index in [-0.39, 0.29) is 18.6 Å². The van der Waals surface area contributed by atoms with Gasteiger partial charge < -0.3 is 14.8 Å². The van der Waals surface area contributed by atoms with E-state index >= 15 is 0 Å². The Balaban J connectivity index is 4.43. The van der Waals surface area contributed by atoms with Crippen molar-refractivity contribution in [2.75, 3.05) is 0 Å². The summed E-state index contributed by atoms with van der Waals surface area (Å²) in [6, 6.07) is 0. The molecule has 0 aromatic rings. The number of alkyl carbamates (subject to hydrolysis) is 1. The lowest BCUT2D eigenvalue weighted by Crippen LogP contribution is -2.47. The predicted octanol–water partition coefficient (Wildman–Crippen LogP) is 2.98. The Morgan fingerprint density at radius 1 is 0.818 bits per heavy atom. The molecule has 0 unspecified atom stereocenters. The normalized spacial score (nSPS) is 12.5. The number of carbonyl (C=O) groups is 3. The fourth-order valence-electron chi connectivity index (χ4n) is 1.72. The van der Waals surface area contributed by atoms with Crippen molar-refractivity contribution in [1.29, 1.82) is 0 Å². The number of esters is 1. The van der Waals surface area contributed by atoms with Gasteiger partial charge in [0.15, 0.2) is 0 Å². The second-order valence-electron chi connectivity index (χ2n) is 7.99. The van der Waals surface area contributed by atoms with Crippen LogP contribution in [0.2, 0.25) is 0 Å². The average Bonchev–Trinajstić information content (AvgIpc) is 2.05. The average molecular weight is 315 g/mol. The summed E-state index contributed by atoms with van der Waals surface area (Å²) in [7, 11) is 0. The molecular formula is C16H29NO5. The molecule has 0 saturated heterocycles. The second-order valence-corrected chi connectivity index (χ2v) is 7.99. The molecule has 128 valence electrons. The molecule has 0 rings (SSSR count). The molecule has 0 aromatic carbocycles. The highest BCUT2D eigenvalue weighted by atomic mass is 16.6. The highest BCUT2D eigenvalue weighted by Crippen LogP contribution is 2.15. The maximum absolute atomic E-state index is 11.9. The molecule has 0 aliphatic rings. The fraction of sp³-hybridized carbons (Fsp3) is 0.812. The quantitative estimate of drug-likeness (QED) is 0.623. The number of ketones is 1. The van der Waals surface area contributed by atoms with Crippen LogP contribution in [0.5, 0.6) is 0 Å². The number of nitrogens with one attached hydrogen (secondary N) is 1. The molecule has 0 fully saturated rings. The minimum absolute atomic E-state index is 0.0193. The number of ether oxygens (including phenoxy) is 2. The Morgan fingerprint density at radius 3 is 1.68 bits per heavy atom. The van der Waals surface area contributed by atoms with Gasteiger partial charge in [0, 0.05) is 12.0 Å². The van der Waals surface area contributed by atoms with E-state index in [1.807, 2.05) is 0 Å². The zero-order chi connectivity index (χ0) is 17.8. The Kier molecular flexibility index (Phi) is 6.60. The van der Waals surface area contributed by atoms with E-state index < -0.39 is 28.8 Å². The number of Topliss-reactive ketones (excluding diaryl/α,β-unsaturated/α-hetero) is 1. The molecule has 0 heterocycles. The molecule has 0 aliphatic carbocycles. The van der Waals surface area contributed by atoms with Crippen molar-refractivity contribution in [3.63, 3.8) is 0 Å². The lowest BCUT2D eigenvalue weighted by molar-refractivity contribution is -0.156. The minimum Gasteiger partial charge on any atom is -0.460 e. The molecular weight excluding hydrogens is 286 g/mol. The van der Waals surface area contributed by atoms with Gasteiger partial charge >= 0.3 is 12.1 Å². The highest BCUT2D eigenvalue weighted by Gasteiger charge is 2.28. The zero-order valence-electron chi connectivity index (χ0n) is 15.0. The molecule has 6 nitrogen and oxygen atoms in total. The van der Waals surface area contributed by atoms with Crippen molar-refractivity contribution in [3.05, 3.63) is 0 Å². The third kappa shape index (κ3) is 11.1. The van der Waals surface area contributed by atoms with Crippen LogP contribution in [0.1, 0.15) is 68.2 Å². The SMILES string of the molecule is CC(C)(CC(=O)CC(=O)OC(C)(C)C)NC(=O)OC(C)(C)C. The van der Waals surface area contributed by atoms with Gasteiger partial charge in [0.1, 0.15) is 23.4 Å². The van der Waals surface area contributed by atoms with Crippen molar-refractivity contribution >= 4 is 17.8 Å². The fourth-order valence-corrected chi connectivity index (χ4v) is 1.72. The summed E-state index contributed by atoms with van der Waals surface area (Å²) < 4.78 is 10.2. The molecule has 0 saturated carbocycles. The number of hydrogen-bond donors (Lipinski definition) is 1. The van der Waals surface area contributed by atoms with Gasteiger partial charge in [0.05, 0.1) is 0 Å². The molecule has 6 heteroatoms. The van der Waals surface area contributed by atoms with Gasteiger partial charge in [-0.1, -0.05) is 0 Å². The summed E-state index contributed by atoms with van der Waals surface area (Å²) in [5, 5.41) is 2.63. The van der Waals surface area contributed by atoms with Crippen molar-refractivity contribution in [1.82, 2.24) is 5.32 Å². The number of hydrogen-bond acceptors (Lipinski definition) is 5. The predicted molar refractivity (Wildman–Crippen MR) is 83.5 cm³/mol. The molecule has 0 bridgehead atoms. The Bertz CT molecular complexity index is 427. The molecule has 22 heavy (non-hydrogen) atoms. The summed E-state index contributed by atoms with van der Waals surface area (Å²) in [6.07, 6.45) is -0.884. The maximum Gasteiger partial charge on any atom is 0.408 e. The van der Waals surface area contributed by atoms with Crippen LogP contribution in [0.4, 0.5) is 4.79 Å². The summed E-state index contributed by atoms with van der Waals surface area (Å²) in [5.74, 6) is -0.860. The third-order valence-electron chi connectivity index (χ3n) is 2.24. The highest BCUT2D eigenvalue weighted by molar-refractivity contribution is 5.96. The molecule has 1 amide bonds. The van der Waals surface area contributed by atoms with E-state index in [0.29, 0.717) is 0 Å². The van der Waals surface area contributed by atoms with E-state index in [0.717, 1.165) is 0 Å². The van der Waals surface area contributed by atoms with Gasteiger partial charge in [0.25, 0.3) is 0 Å². The molecule has 0 aromatic heterocycles.